The largest absolute Gasteiger partial charge is 0.480 e. The predicted molar refractivity (Wildman–Crippen MR) is 232 cm³/mol. The highest BCUT2D eigenvalue weighted by molar-refractivity contribution is 5.81. The molecular formula is C50H83NO6. The number of rotatable bonds is 26. The number of carboxylic acids is 1. The summed E-state index contributed by atoms with van der Waals surface area (Å²) in [5, 5.41) is 23.3. The van der Waals surface area contributed by atoms with Gasteiger partial charge in [-0.1, -0.05) is 116 Å². The Kier molecular flexibility index (Phi) is 20.4. The molecule has 4 saturated carbocycles. The first-order valence-corrected chi connectivity index (χ1v) is 23.8. The summed E-state index contributed by atoms with van der Waals surface area (Å²) >= 11 is 0. The number of allylic oxidation sites excluding steroid dienone is 6. The lowest BCUT2D eigenvalue weighted by molar-refractivity contribution is -0.181. The minimum atomic E-state index is -1.02. The van der Waals surface area contributed by atoms with Crippen molar-refractivity contribution in [3.63, 3.8) is 0 Å². The lowest BCUT2D eigenvalue weighted by atomic mass is 9.43. The summed E-state index contributed by atoms with van der Waals surface area (Å²) in [6, 6.07) is 0. The number of fused-ring (bicyclic) bond motifs is 5. The number of hydrogen-bond acceptors (Lipinski definition) is 5. The monoisotopic (exact) mass is 794 g/mol. The van der Waals surface area contributed by atoms with Crippen molar-refractivity contribution < 1.29 is 29.3 Å². The van der Waals surface area contributed by atoms with Crippen LogP contribution in [0.2, 0.25) is 0 Å². The molecule has 0 saturated heterocycles. The number of carbonyl (C=O) groups excluding carboxylic acids is 2. The van der Waals surface area contributed by atoms with Gasteiger partial charge in [0.05, 0.1) is 6.10 Å². The van der Waals surface area contributed by atoms with Gasteiger partial charge in [0.25, 0.3) is 0 Å². The van der Waals surface area contributed by atoms with Gasteiger partial charge >= 0.3 is 11.9 Å². The summed E-state index contributed by atoms with van der Waals surface area (Å²) in [4.78, 5) is 36.0. The Labute approximate surface area is 347 Å². The average Bonchev–Trinajstić information content (AvgIpc) is 3.55. The Hall–Kier alpha value is -2.41. The zero-order chi connectivity index (χ0) is 41.1. The number of hydrogen-bond donors (Lipinski definition) is 3. The molecule has 0 aromatic rings. The second-order valence-corrected chi connectivity index (χ2v) is 19.3. The van der Waals surface area contributed by atoms with Crippen LogP contribution in [0.4, 0.5) is 0 Å². The highest BCUT2D eigenvalue weighted by Gasteiger charge is 2.63. The molecule has 4 rings (SSSR count). The molecule has 324 valence electrons. The molecule has 7 heteroatoms. The van der Waals surface area contributed by atoms with Crippen molar-refractivity contribution in [2.45, 2.75) is 207 Å². The van der Waals surface area contributed by atoms with E-state index in [0.717, 1.165) is 70.6 Å². The van der Waals surface area contributed by atoms with Gasteiger partial charge in [-0.3, -0.25) is 14.4 Å². The standard InChI is InChI=1S/C50H83NO6/c1-5-6-7-8-9-10-11-12-13-14-15-16-17-18-19-20-21-22-23-24-25-26-48(56)57-40-33-34-49(3)39(35-40)28-29-41-43-31-30-42(50(43,4)45(52)36-44(41)49)38(2)27-32-46(53)51-37-47(54)55/h11-12,14-15,17-18,38-45,52H,5-10,13,16,19-37H2,1-4H3,(H,51,53)(H,54,55)/b12-11-,15-14-,18-17-. The van der Waals surface area contributed by atoms with Gasteiger partial charge in [-0.25, -0.2) is 0 Å². The van der Waals surface area contributed by atoms with Crippen LogP contribution in [0.25, 0.3) is 0 Å². The summed E-state index contributed by atoms with van der Waals surface area (Å²) < 4.78 is 6.12. The SMILES string of the molecule is CCCCCCC/C=C\C/C=C\C/C=C\CCCCCCCCC(=O)OC1CCC2(C)C(CCC3C2CC(O)C2(C)C(C(C)CCC(=O)NCC(=O)O)CCC32)C1. The number of unbranched alkanes of at least 4 members (excludes halogenated alkanes) is 11. The molecule has 7 nitrogen and oxygen atoms in total. The molecule has 0 spiro atoms. The number of aliphatic hydroxyl groups is 1. The van der Waals surface area contributed by atoms with Crippen molar-refractivity contribution in [1.29, 1.82) is 0 Å². The van der Waals surface area contributed by atoms with Crippen molar-refractivity contribution in [3.05, 3.63) is 36.5 Å². The van der Waals surface area contributed by atoms with Crippen LogP contribution in [0.15, 0.2) is 36.5 Å². The van der Waals surface area contributed by atoms with Crippen molar-refractivity contribution in [3.8, 4) is 0 Å². The third-order valence-corrected chi connectivity index (χ3v) is 15.6. The Morgan fingerprint density at radius 2 is 1.39 bits per heavy atom. The molecule has 1 amide bonds. The van der Waals surface area contributed by atoms with Crippen molar-refractivity contribution in [1.82, 2.24) is 5.32 Å². The van der Waals surface area contributed by atoms with Gasteiger partial charge in [-0.05, 0) is 149 Å². The molecular weight excluding hydrogens is 711 g/mol. The van der Waals surface area contributed by atoms with E-state index in [1.165, 1.54) is 77.0 Å². The molecule has 0 aliphatic heterocycles. The van der Waals surface area contributed by atoms with Gasteiger partial charge in [0, 0.05) is 12.8 Å². The van der Waals surface area contributed by atoms with Gasteiger partial charge in [0.15, 0.2) is 0 Å². The van der Waals surface area contributed by atoms with Crippen molar-refractivity contribution >= 4 is 17.8 Å². The highest BCUT2D eigenvalue weighted by Crippen LogP contribution is 2.68. The first-order chi connectivity index (χ1) is 27.5. The molecule has 10 atom stereocenters. The number of nitrogens with one attached hydrogen (secondary N) is 1. The fourth-order valence-corrected chi connectivity index (χ4v) is 12.2. The smallest absolute Gasteiger partial charge is 0.322 e. The fraction of sp³-hybridized carbons (Fsp3) is 0.820. The normalized spacial score (nSPS) is 31.6. The molecule has 0 heterocycles. The maximum atomic E-state index is 12.9. The topological polar surface area (TPSA) is 113 Å². The summed E-state index contributed by atoms with van der Waals surface area (Å²) in [7, 11) is 0. The Morgan fingerprint density at radius 1 is 0.754 bits per heavy atom. The molecule has 4 aliphatic rings. The van der Waals surface area contributed by atoms with Gasteiger partial charge in [0.1, 0.15) is 12.6 Å². The highest BCUT2D eigenvalue weighted by atomic mass is 16.5. The van der Waals surface area contributed by atoms with Crippen LogP contribution >= 0.6 is 0 Å². The number of carboxylic acid groups (broad SMARTS) is 1. The van der Waals surface area contributed by atoms with E-state index in [1.807, 2.05) is 0 Å². The van der Waals surface area contributed by atoms with Crippen LogP contribution in [0.5, 0.6) is 0 Å². The third-order valence-electron chi connectivity index (χ3n) is 15.6. The quantitative estimate of drug-likeness (QED) is 0.0457. The first kappa shape index (κ1) is 47.3. The van der Waals surface area contributed by atoms with Gasteiger partial charge in [-0.2, -0.15) is 0 Å². The van der Waals surface area contributed by atoms with Crippen LogP contribution in [0.1, 0.15) is 195 Å². The number of aliphatic carboxylic acids is 1. The van der Waals surface area contributed by atoms with Crippen LogP contribution in [0.3, 0.4) is 0 Å². The summed E-state index contributed by atoms with van der Waals surface area (Å²) in [5.41, 5.74) is 0.0323. The molecule has 57 heavy (non-hydrogen) atoms. The zero-order valence-corrected chi connectivity index (χ0v) is 36.7. The molecule has 0 aromatic carbocycles. The van der Waals surface area contributed by atoms with E-state index in [2.05, 4.69) is 69.5 Å². The molecule has 3 N–H and O–H groups in total. The van der Waals surface area contributed by atoms with Gasteiger partial charge in [0.2, 0.25) is 5.91 Å². The Morgan fingerprint density at radius 3 is 2.05 bits per heavy atom. The second-order valence-electron chi connectivity index (χ2n) is 19.3. The van der Waals surface area contributed by atoms with E-state index in [4.69, 9.17) is 9.84 Å². The van der Waals surface area contributed by atoms with Crippen molar-refractivity contribution in [2.75, 3.05) is 6.54 Å². The number of carbonyl (C=O) groups is 3. The lowest BCUT2D eigenvalue weighted by Crippen LogP contribution is -2.59. The van der Waals surface area contributed by atoms with Crippen LogP contribution in [-0.4, -0.2) is 46.8 Å². The van der Waals surface area contributed by atoms with E-state index in [-0.39, 0.29) is 41.5 Å². The number of ether oxygens (including phenoxy) is 1. The minimum absolute atomic E-state index is 0.0142. The Balaban J connectivity index is 1.06. The van der Waals surface area contributed by atoms with Crippen molar-refractivity contribution in [2.24, 2.45) is 46.3 Å². The second kappa shape index (κ2) is 24.6. The summed E-state index contributed by atoms with van der Waals surface area (Å²) in [6.45, 7) is 8.97. The third kappa shape index (κ3) is 14.1. The molecule has 0 radical (unpaired) electrons. The summed E-state index contributed by atoms with van der Waals surface area (Å²) in [6.07, 6.45) is 41.7. The van der Waals surface area contributed by atoms with E-state index in [1.54, 1.807) is 0 Å². The first-order valence-electron chi connectivity index (χ1n) is 23.8. The average molecular weight is 794 g/mol. The van der Waals surface area contributed by atoms with E-state index < -0.39 is 5.97 Å². The maximum Gasteiger partial charge on any atom is 0.322 e. The summed E-state index contributed by atoms with van der Waals surface area (Å²) in [5.74, 6) is 1.56. The van der Waals surface area contributed by atoms with E-state index >= 15 is 0 Å². The molecule has 0 aromatic heterocycles. The Bertz CT molecular complexity index is 1310. The van der Waals surface area contributed by atoms with E-state index in [0.29, 0.717) is 54.8 Å². The number of aliphatic hydroxyl groups excluding tert-OH is 1. The maximum absolute atomic E-state index is 12.9. The van der Waals surface area contributed by atoms with Gasteiger partial charge in [-0.15, -0.1) is 0 Å². The zero-order valence-electron chi connectivity index (χ0n) is 36.7. The van der Waals surface area contributed by atoms with E-state index in [9.17, 15) is 19.5 Å². The van der Waals surface area contributed by atoms with Crippen LogP contribution in [0, 0.1) is 46.3 Å². The number of amides is 1. The fourth-order valence-electron chi connectivity index (χ4n) is 12.2. The number of esters is 1. The predicted octanol–water partition coefficient (Wildman–Crippen LogP) is 12.1. The molecule has 4 aliphatic carbocycles. The van der Waals surface area contributed by atoms with Gasteiger partial charge < -0.3 is 20.3 Å². The molecule has 4 fully saturated rings. The van der Waals surface area contributed by atoms with Crippen LogP contribution < -0.4 is 5.32 Å². The molecule has 10 unspecified atom stereocenters. The minimum Gasteiger partial charge on any atom is -0.480 e. The lowest BCUT2D eigenvalue weighted by Gasteiger charge is -2.62. The van der Waals surface area contributed by atoms with Crippen LogP contribution in [-0.2, 0) is 19.1 Å². The molecule has 0 bridgehead atoms.